The molecule has 0 amide bonds. The van der Waals surface area contributed by atoms with Crippen molar-refractivity contribution in [3.8, 4) is 0 Å². The van der Waals surface area contributed by atoms with Crippen molar-refractivity contribution in [1.29, 1.82) is 0 Å². The molecule has 2 aromatic rings. The van der Waals surface area contributed by atoms with E-state index in [0.717, 1.165) is 6.07 Å². The maximum Gasteiger partial charge on any atom is 0.142 e. The summed E-state index contributed by atoms with van der Waals surface area (Å²) in [5, 5.41) is 14.7. The van der Waals surface area contributed by atoms with Gasteiger partial charge in [-0.3, -0.25) is 4.68 Å². The topological polar surface area (TPSA) is 38.0 Å². The van der Waals surface area contributed by atoms with Crippen molar-refractivity contribution >= 4 is 23.2 Å². The van der Waals surface area contributed by atoms with Crippen molar-refractivity contribution in [1.82, 2.24) is 9.78 Å². The Morgan fingerprint density at radius 2 is 2.00 bits per heavy atom. The summed E-state index contributed by atoms with van der Waals surface area (Å²) in [6, 6.07) is 4.05. The van der Waals surface area contributed by atoms with Gasteiger partial charge in [-0.2, -0.15) is 5.10 Å². The number of aliphatic hydroxyl groups is 1. The van der Waals surface area contributed by atoms with E-state index in [9.17, 15) is 9.50 Å². The number of benzene rings is 1. The van der Waals surface area contributed by atoms with E-state index in [1.54, 1.807) is 19.3 Å². The molecule has 96 valence electrons. The number of rotatable bonds is 2. The zero-order valence-corrected chi connectivity index (χ0v) is 11.3. The molecule has 0 aliphatic heterocycles. The van der Waals surface area contributed by atoms with Crippen LogP contribution >= 0.6 is 23.2 Å². The van der Waals surface area contributed by atoms with Crippen LogP contribution in [0.1, 0.15) is 18.2 Å². The predicted molar refractivity (Wildman–Crippen MR) is 68.3 cm³/mol. The lowest BCUT2D eigenvalue weighted by atomic mass is 9.92. The van der Waals surface area contributed by atoms with Crippen molar-refractivity contribution < 1.29 is 9.50 Å². The van der Waals surface area contributed by atoms with Gasteiger partial charge in [0.1, 0.15) is 11.4 Å². The van der Waals surface area contributed by atoms with E-state index in [-0.39, 0.29) is 15.6 Å². The molecule has 6 heteroatoms. The second-order valence-electron chi connectivity index (χ2n) is 4.16. The molecule has 1 unspecified atom stereocenters. The Morgan fingerprint density at radius 3 is 2.56 bits per heavy atom. The van der Waals surface area contributed by atoms with E-state index in [0.29, 0.717) is 5.69 Å². The van der Waals surface area contributed by atoms with E-state index in [4.69, 9.17) is 23.2 Å². The zero-order valence-electron chi connectivity index (χ0n) is 9.78. The Balaban J connectivity index is 2.61. The van der Waals surface area contributed by atoms with E-state index in [1.165, 1.54) is 17.7 Å². The summed E-state index contributed by atoms with van der Waals surface area (Å²) in [6.45, 7) is 1.53. The van der Waals surface area contributed by atoms with Gasteiger partial charge in [0.05, 0.1) is 10.7 Å². The Labute approximate surface area is 114 Å². The lowest BCUT2D eigenvalue weighted by Crippen LogP contribution is -2.26. The number of hydrogen-bond donors (Lipinski definition) is 1. The molecule has 0 aliphatic carbocycles. The van der Waals surface area contributed by atoms with E-state index in [2.05, 4.69) is 5.10 Å². The highest BCUT2D eigenvalue weighted by atomic mass is 35.5. The van der Waals surface area contributed by atoms with E-state index in [1.807, 2.05) is 0 Å². The number of nitrogens with zero attached hydrogens (tertiary/aromatic N) is 2. The highest BCUT2D eigenvalue weighted by Crippen LogP contribution is 2.36. The van der Waals surface area contributed by atoms with Gasteiger partial charge in [-0.05, 0) is 25.1 Å². The molecule has 1 atom stereocenters. The van der Waals surface area contributed by atoms with Gasteiger partial charge >= 0.3 is 0 Å². The van der Waals surface area contributed by atoms with Gasteiger partial charge in [0.15, 0.2) is 0 Å². The fourth-order valence-electron chi connectivity index (χ4n) is 1.88. The summed E-state index contributed by atoms with van der Waals surface area (Å²) in [6.07, 6.45) is 1.55. The van der Waals surface area contributed by atoms with Crippen molar-refractivity contribution in [2.45, 2.75) is 12.5 Å². The number of halogens is 3. The predicted octanol–water partition coefficient (Wildman–Crippen LogP) is 3.12. The van der Waals surface area contributed by atoms with Crippen molar-refractivity contribution in [3.63, 3.8) is 0 Å². The molecule has 3 nitrogen and oxygen atoms in total. The van der Waals surface area contributed by atoms with Crippen LogP contribution in [-0.2, 0) is 12.6 Å². The highest BCUT2D eigenvalue weighted by molar-refractivity contribution is 6.35. The summed E-state index contributed by atoms with van der Waals surface area (Å²) in [7, 11) is 1.68. The van der Waals surface area contributed by atoms with Gasteiger partial charge in [-0.15, -0.1) is 0 Å². The maximum absolute atomic E-state index is 13.5. The van der Waals surface area contributed by atoms with Crippen LogP contribution in [0.5, 0.6) is 0 Å². The van der Waals surface area contributed by atoms with Gasteiger partial charge in [-0.1, -0.05) is 23.2 Å². The molecule has 1 heterocycles. The number of aryl methyl sites for hydroxylation is 1. The number of hydrogen-bond acceptors (Lipinski definition) is 2. The minimum Gasteiger partial charge on any atom is -0.379 e. The minimum atomic E-state index is -1.45. The summed E-state index contributed by atoms with van der Waals surface area (Å²) in [5.74, 6) is -0.626. The molecule has 0 fully saturated rings. The van der Waals surface area contributed by atoms with Gasteiger partial charge in [0.2, 0.25) is 0 Å². The Morgan fingerprint density at radius 1 is 1.33 bits per heavy atom. The summed E-state index contributed by atoms with van der Waals surface area (Å²) < 4.78 is 15.0. The first-order chi connectivity index (χ1) is 8.34. The lowest BCUT2D eigenvalue weighted by molar-refractivity contribution is 0.0926. The monoisotopic (exact) mass is 288 g/mol. The third-order valence-electron chi connectivity index (χ3n) is 2.85. The van der Waals surface area contributed by atoms with Crippen LogP contribution in [0.15, 0.2) is 24.4 Å². The molecule has 0 radical (unpaired) electrons. The average molecular weight is 289 g/mol. The largest absolute Gasteiger partial charge is 0.379 e. The first-order valence-corrected chi connectivity index (χ1v) is 5.95. The quantitative estimate of drug-likeness (QED) is 0.863. The normalized spacial score (nSPS) is 14.6. The smallest absolute Gasteiger partial charge is 0.142 e. The van der Waals surface area contributed by atoms with Gasteiger partial charge in [0, 0.05) is 23.8 Å². The maximum atomic E-state index is 13.5. The molecule has 0 saturated heterocycles. The average Bonchev–Trinajstić information content (AvgIpc) is 2.70. The molecule has 0 spiro atoms. The van der Waals surface area contributed by atoms with Crippen LogP contribution in [-0.4, -0.2) is 14.9 Å². The molecule has 1 aromatic heterocycles. The molecule has 0 aliphatic rings. The molecule has 0 bridgehead atoms. The first-order valence-electron chi connectivity index (χ1n) is 5.20. The molecule has 0 saturated carbocycles. The van der Waals surface area contributed by atoms with Gasteiger partial charge in [0.25, 0.3) is 0 Å². The summed E-state index contributed by atoms with van der Waals surface area (Å²) in [5.41, 5.74) is -0.700. The Hall–Kier alpha value is -1.10. The standard InChI is InChI=1S/C12H11Cl2FN2O/c1-12(18,11-3-4-16-17(11)2)7-5-10(15)9(14)6-8(7)13/h3-6,18H,1-2H3. The van der Waals surface area contributed by atoms with Crippen LogP contribution in [0.2, 0.25) is 10.0 Å². The Bertz CT molecular complexity index is 596. The molecule has 1 N–H and O–H groups in total. The van der Waals surface area contributed by atoms with Gasteiger partial charge in [-0.25, -0.2) is 4.39 Å². The first kappa shape index (κ1) is 13.3. The zero-order chi connectivity index (χ0) is 13.5. The molecule has 2 rings (SSSR count). The van der Waals surface area contributed by atoms with Crippen LogP contribution < -0.4 is 0 Å². The van der Waals surface area contributed by atoms with Crippen LogP contribution in [0.3, 0.4) is 0 Å². The SMILES string of the molecule is Cn1nccc1C(C)(O)c1cc(F)c(Cl)cc1Cl. The third-order valence-corrected chi connectivity index (χ3v) is 3.46. The number of aromatic nitrogens is 2. The third kappa shape index (κ3) is 2.11. The van der Waals surface area contributed by atoms with Gasteiger partial charge < -0.3 is 5.11 Å². The van der Waals surface area contributed by atoms with E-state index >= 15 is 0 Å². The summed E-state index contributed by atoms with van der Waals surface area (Å²) in [4.78, 5) is 0. The fourth-order valence-corrected chi connectivity index (χ4v) is 2.45. The molecular formula is C12H11Cl2FN2O. The second-order valence-corrected chi connectivity index (χ2v) is 4.97. The second kappa shape index (κ2) is 4.53. The van der Waals surface area contributed by atoms with E-state index < -0.39 is 11.4 Å². The highest BCUT2D eigenvalue weighted by Gasteiger charge is 2.31. The Kier molecular flexibility index (Phi) is 3.36. The fraction of sp³-hybridized carbons (Fsp3) is 0.250. The lowest BCUT2D eigenvalue weighted by Gasteiger charge is -2.25. The van der Waals surface area contributed by atoms with Crippen molar-refractivity contribution in [3.05, 3.63) is 51.5 Å². The minimum absolute atomic E-state index is 0.0791. The molecular weight excluding hydrogens is 278 g/mol. The molecule has 18 heavy (non-hydrogen) atoms. The van der Waals surface area contributed by atoms with Crippen LogP contribution in [0, 0.1) is 5.82 Å². The summed E-state index contributed by atoms with van der Waals surface area (Å²) >= 11 is 11.6. The van der Waals surface area contributed by atoms with Crippen molar-refractivity contribution in [2.24, 2.45) is 7.05 Å². The van der Waals surface area contributed by atoms with Crippen LogP contribution in [0.4, 0.5) is 4.39 Å². The van der Waals surface area contributed by atoms with Crippen molar-refractivity contribution in [2.75, 3.05) is 0 Å². The molecule has 1 aromatic carbocycles. The van der Waals surface area contributed by atoms with Crippen LogP contribution in [0.25, 0.3) is 0 Å².